The van der Waals surface area contributed by atoms with Crippen LogP contribution in [0, 0.1) is 0 Å². The summed E-state index contributed by atoms with van der Waals surface area (Å²) in [6, 6.07) is 58.2. The van der Waals surface area contributed by atoms with Gasteiger partial charge in [0.1, 0.15) is 0 Å². The van der Waals surface area contributed by atoms with E-state index in [1.54, 1.807) is 11.3 Å². The van der Waals surface area contributed by atoms with Gasteiger partial charge in [-0.15, -0.1) is 11.3 Å². The van der Waals surface area contributed by atoms with Crippen LogP contribution in [0.25, 0.3) is 87.7 Å². The maximum absolute atomic E-state index is 5.23. The standard InChI is InChI=1S/C48H33N3S/c1-48(2)41-24-10-8-17-35(41)37-21-12-20-34(43(37)48)31-26-28-32(29-27-31)45-49-46(39-19-7-6-16-33(39)30-14-4-3-5-15-30)51-47(50-45)40-23-13-22-38-36-18-9-11-25-42(36)52-44(38)40/h3-29H,1-2H3. The third-order valence-corrected chi connectivity index (χ3v) is 11.8. The molecule has 52 heavy (non-hydrogen) atoms. The van der Waals surface area contributed by atoms with E-state index in [9.17, 15) is 0 Å². The number of benzene rings is 7. The Morgan fingerprint density at radius 3 is 1.75 bits per heavy atom. The van der Waals surface area contributed by atoms with Gasteiger partial charge < -0.3 is 0 Å². The average molecular weight is 684 g/mol. The largest absolute Gasteiger partial charge is 0.208 e. The van der Waals surface area contributed by atoms with E-state index < -0.39 is 0 Å². The number of nitrogens with zero attached hydrogens (tertiary/aromatic N) is 3. The van der Waals surface area contributed by atoms with Crippen molar-refractivity contribution in [3.8, 4) is 67.5 Å². The molecule has 0 unspecified atom stereocenters. The van der Waals surface area contributed by atoms with Crippen molar-refractivity contribution in [2.24, 2.45) is 0 Å². The Balaban J connectivity index is 1.14. The van der Waals surface area contributed by atoms with Crippen LogP contribution in [0.3, 0.4) is 0 Å². The Hall–Kier alpha value is -6.23. The number of rotatable bonds is 5. The summed E-state index contributed by atoms with van der Waals surface area (Å²) >= 11 is 1.79. The SMILES string of the molecule is CC1(C)c2ccccc2-c2cccc(-c3ccc(-c4nc(-c5ccccc5-c5ccccc5)nc(-c5cccc6c5sc5ccccc56)n4)cc3)c21. The summed E-state index contributed by atoms with van der Waals surface area (Å²) in [5.41, 5.74) is 12.9. The highest BCUT2D eigenvalue weighted by atomic mass is 32.1. The van der Waals surface area contributed by atoms with Crippen molar-refractivity contribution >= 4 is 31.5 Å². The van der Waals surface area contributed by atoms with E-state index in [1.807, 2.05) is 6.07 Å². The van der Waals surface area contributed by atoms with E-state index in [2.05, 4.69) is 172 Å². The Morgan fingerprint density at radius 1 is 0.385 bits per heavy atom. The molecule has 2 aromatic heterocycles. The van der Waals surface area contributed by atoms with Gasteiger partial charge in [-0.3, -0.25) is 0 Å². The normalized spacial score (nSPS) is 13.0. The Morgan fingerprint density at radius 2 is 0.923 bits per heavy atom. The highest BCUT2D eigenvalue weighted by molar-refractivity contribution is 7.26. The van der Waals surface area contributed by atoms with Gasteiger partial charge in [0.2, 0.25) is 0 Å². The molecule has 0 radical (unpaired) electrons. The molecule has 2 heterocycles. The number of hydrogen-bond acceptors (Lipinski definition) is 4. The summed E-state index contributed by atoms with van der Waals surface area (Å²) in [7, 11) is 0. The van der Waals surface area contributed by atoms with Crippen LogP contribution < -0.4 is 0 Å². The van der Waals surface area contributed by atoms with Crippen LogP contribution in [0.4, 0.5) is 0 Å². The van der Waals surface area contributed by atoms with Crippen LogP contribution in [0.5, 0.6) is 0 Å². The minimum atomic E-state index is -0.0983. The fraction of sp³-hybridized carbons (Fsp3) is 0.0625. The van der Waals surface area contributed by atoms with Crippen molar-refractivity contribution in [2.45, 2.75) is 19.3 Å². The smallest absolute Gasteiger partial charge is 0.165 e. The molecule has 0 spiro atoms. The lowest BCUT2D eigenvalue weighted by Crippen LogP contribution is -2.16. The molecule has 0 saturated heterocycles. The Labute approximate surface area is 307 Å². The molecule has 246 valence electrons. The fourth-order valence-electron chi connectivity index (χ4n) is 8.10. The molecule has 9 aromatic rings. The molecular weight excluding hydrogens is 651 g/mol. The second kappa shape index (κ2) is 11.9. The molecule has 0 N–H and O–H groups in total. The molecule has 0 aliphatic heterocycles. The van der Waals surface area contributed by atoms with E-state index >= 15 is 0 Å². The van der Waals surface area contributed by atoms with Gasteiger partial charge in [0.05, 0.1) is 0 Å². The third-order valence-electron chi connectivity index (χ3n) is 10.6. The molecule has 4 heteroatoms. The summed E-state index contributed by atoms with van der Waals surface area (Å²) in [4.78, 5) is 15.6. The summed E-state index contributed by atoms with van der Waals surface area (Å²) < 4.78 is 2.43. The Kier molecular flexibility index (Phi) is 7.02. The summed E-state index contributed by atoms with van der Waals surface area (Å²) in [6.07, 6.45) is 0. The summed E-state index contributed by atoms with van der Waals surface area (Å²) in [5.74, 6) is 1.98. The zero-order valence-electron chi connectivity index (χ0n) is 28.8. The van der Waals surface area contributed by atoms with Crippen LogP contribution in [-0.4, -0.2) is 15.0 Å². The number of aromatic nitrogens is 3. The fourth-order valence-corrected chi connectivity index (χ4v) is 9.32. The molecule has 0 bridgehead atoms. The van der Waals surface area contributed by atoms with E-state index in [0.29, 0.717) is 17.5 Å². The minimum absolute atomic E-state index is 0.0983. The van der Waals surface area contributed by atoms with Crippen molar-refractivity contribution in [1.29, 1.82) is 0 Å². The monoisotopic (exact) mass is 683 g/mol. The van der Waals surface area contributed by atoms with Crippen molar-refractivity contribution in [3.63, 3.8) is 0 Å². The zero-order valence-corrected chi connectivity index (χ0v) is 29.7. The van der Waals surface area contributed by atoms with Gasteiger partial charge in [-0.25, -0.2) is 15.0 Å². The summed E-state index contributed by atoms with van der Waals surface area (Å²) in [6.45, 7) is 4.68. The van der Waals surface area contributed by atoms with Gasteiger partial charge in [-0.05, 0) is 56.6 Å². The minimum Gasteiger partial charge on any atom is -0.208 e. The second-order valence-corrected chi connectivity index (χ2v) is 15.0. The molecule has 0 atom stereocenters. The molecule has 0 saturated carbocycles. The molecule has 7 aromatic carbocycles. The van der Waals surface area contributed by atoms with Gasteiger partial charge in [0.25, 0.3) is 0 Å². The first-order valence-electron chi connectivity index (χ1n) is 17.7. The highest BCUT2D eigenvalue weighted by Crippen LogP contribution is 2.52. The van der Waals surface area contributed by atoms with Crippen LogP contribution in [-0.2, 0) is 5.41 Å². The first-order chi connectivity index (χ1) is 25.5. The quantitative estimate of drug-likeness (QED) is 0.181. The second-order valence-electron chi connectivity index (χ2n) is 14.0. The van der Waals surface area contributed by atoms with E-state index in [1.165, 1.54) is 53.6 Å². The molecule has 1 aliphatic rings. The van der Waals surface area contributed by atoms with Crippen molar-refractivity contribution in [3.05, 3.63) is 175 Å². The lowest BCUT2D eigenvalue weighted by atomic mass is 9.79. The highest BCUT2D eigenvalue weighted by Gasteiger charge is 2.37. The van der Waals surface area contributed by atoms with Gasteiger partial charge in [0, 0.05) is 42.3 Å². The first-order valence-corrected chi connectivity index (χ1v) is 18.5. The molecule has 10 rings (SSSR count). The molecule has 1 aliphatic carbocycles. The van der Waals surface area contributed by atoms with Crippen molar-refractivity contribution < 1.29 is 0 Å². The predicted molar refractivity (Wildman–Crippen MR) is 217 cm³/mol. The molecule has 0 fully saturated rings. The lowest BCUT2D eigenvalue weighted by Gasteiger charge is -2.24. The van der Waals surface area contributed by atoms with Crippen molar-refractivity contribution in [1.82, 2.24) is 15.0 Å². The number of hydrogen-bond donors (Lipinski definition) is 0. The first kappa shape index (κ1) is 30.6. The van der Waals surface area contributed by atoms with E-state index in [0.717, 1.165) is 27.8 Å². The van der Waals surface area contributed by atoms with Gasteiger partial charge in [0.15, 0.2) is 17.5 Å². The van der Waals surface area contributed by atoms with E-state index in [4.69, 9.17) is 15.0 Å². The number of thiophene rings is 1. The number of fused-ring (bicyclic) bond motifs is 6. The zero-order chi connectivity index (χ0) is 34.8. The lowest BCUT2D eigenvalue weighted by molar-refractivity contribution is 0.662. The topological polar surface area (TPSA) is 38.7 Å². The van der Waals surface area contributed by atoms with Crippen LogP contribution in [0.15, 0.2) is 164 Å². The van der Waals surface area contributed by atoms with Crippen LogP contribution in [0.2, 0.25) is 0 Å². The predicted octanol–water partition coefficient (Wildman–Crippen LogP) is 12.9. The molecule has 3 nitrogen and oxygen atoms in total. The van der Waals surface area contributed by atoms with Crippen molar-refractivity contribution in [2.75, 3.05) is 0 Å². The van der Waals surface area contributed by atoms with Gasteiger partial charge in [-0.2, -0.15) is 0 Å². The Bertz CT molecular complexity index is 2810. The van der Waals surface area contributed by atoms with E-state index in [-0.39, 0.29) is 5.41 Å². The van der Waals surface area contributed by atoms with Gasteiger partial charge in [-0.1, -0.05) is 166 Å². The maximum atomic E-state index is 5.23. The summed E-state index contributed by atoms with van der Waals surface area (Å²) in [5, 5.41) is 2.47. The van der Waals surface area contributed by atoms with Crippen LogP contribution in [0.1, 0.15) is 25.0 Å². The maximum Gasteiger partial charge on any atom is 0.165 e. The average Bonchev–Trinajstić information content (AvgIpc) is 3.70. The molecular formula is C48H33N3S. The van der Waals surface area contributed by atoms with Gasteiger partial charge >= 0.3 is 0 Å². The molecule has 0 amide bonds. The third kappa shape index (κ3) is 4.83. The van der Waals surface area contributed by atoms with Crippen LogP contribution >= 0.6 is 11.3 Å².